The van der Waals surface area contributed by atoms with E-state index in [0.29, 0.717) is 6.61 Å². The second-order valence-electron chi connectivity index (χ2n) is 2.62. The maximum Gasteiger partial charge on any atom is 0.312 e. The Morgan fingerprint density at radius 3 is 2.93 bits per heavy atom. The number of para-hydroxylation sites is 1. The van der Waals surface area contributed by atoms with Crippen molar-refractivity contribution >= 4 is 6.03 Å². The molecular weight excluding hydrogens is 180 g/mol. The number of rotatable bonds is 4. The average molecular weight is 193 g/mol. The molecule has 0 aliphatic rings. The minimum Gasteiger partial charge on any atom is -0.494 e. The number of urea groups is 1. The van der Waals surface area contributed by atoms with Crippen LogP contribution in [0.2, 0.25) is 0 Å². The van der Waals surface area contributed by atoms with Gasteiger partial charge in [0.05, 0.1) is 13.2 Å². The topological polar surface area (TPSA) is 64.3 Å². The lowest BCUT2D eigenvalue weighted by Crippen LogP contribution is -2.27. The standard InChI is InChI=1S/C10H13N2O2/c1-2-14-9-6-4-3-5-8(9)7-12-10(11)13/h3-7H,2H2,1H3,(H3,11,12,13). The van der Waals surface area contributed by atoms with Crippen LogP contribution in [0.5, 0.6) is 5.75 Å². The number of primary amides is 1. The molecule has 3 N–H and O–H groups in total. The molecule has 4 heteroatoms. The van der Waals surface area contributed by atoms with Gasteiger partial charge in [0.2, 0.25) is 0 Å². The summed E-state index contributed by atoms with van der Waals surface area (Å²) in [6.07, 6.45) is 0. The SMILES string of the molecule is CCOc1ccccc1[CH]NC(N)=O. The summed E-state index contributed by atoms with van der Waals surface area (Å²) in [6.45, 7) is 4.01. The fraction of sp³-hybridized carbons (Fsp3) is 0.200. The number of carbonyl (C=O) groups is 1. The molecule has 2 amide bonds. The summed E-state index contributed by atoms with van der Waals surface area (Å²) in [5.74, 6) is 0.726. The zero-order chi connectivity index (χ0) is 10.4. The quantitative estimate of drug-likeness (QED) is 0.756. The molecule has 0 saturated heterocycles. The highest BCUT2D eigenvalue weighted by Gasteiger charge is 2.02. The molecule has 1 rings (SSSR count). The van der Waals surface area contributed by atoms with Gasteiger partial charge in [0, 0.05) is 5.56 Å². The van der Waals surface area contributed by atoms with E-state index in [9.17, 15) is 4.79 Å². The molecule has 75 valence electrons. The molecule has 0 atom stereocenters. The molecule has 0 aliphatic heterocycles. The summed E-state index contributed by atoms with van der Waals surface area (Å²) in [7, 11) is 0. The zero-order valence-corrected chi connectivity index (χ0v) is 7.99. The molecule has 0 aromatic heterocycles. The summed E-state index contributed by atoms with van der Waals surface area (Å²) in [4.78, 5) is 10.5. The summed E-state index contributed by atoms with van der Waals surface area (Å²) >= 11 is 0. The normalized spacial score (nSPS) is 9.50. The molecule has 0 heterocycles. The molecule has 0 saturated carbocycles. The van der Waals surface area contributed by atoms with Gasteiger partial charge in [-0.15, -0.1) is 0 Å². The lowest BCUT2D eigenvalue weighted by atomic mass is 10.2. The van der Waals surface area contributed by atoms with Crippen molar-refractivity contribution in [1.29, 1.82) is 0 Å². The first-order chi connectivity index (χ1) is 6.74. The van der Waals surface area contributed by atoms with Crippen molar-refractivity contribution in [3.63, 3.8) is 0 Å². The van der Waals surface area contributed by atoms with Crippen LogP contribution in [0.25, 0.3) is 0 Å². The van der Waals surface area contributed by atoms with Crippen LogP contribution in [0.15, 0.2) is 24.3 Å². The Kier molecular flexibility index (Phi) is 3.79. The molecule has 0 fully saturated rings. The minimum atomic E-state index is -0.587. The third kappa shape index (κ3) is 2.97. The number of nitrogens with one attached hydrogen (secondary N) is 1. The van der Waals surface area contributed by atoms with Crippen LogP contribution < -0.4 is 15.8 Å². The van der Waals surface area contributed by atoms with Gasteiger partial charge in [-0.2, -0.15) is 0 Å². The largest absolute Gasteiger partial charge is 0.494 e. The number of hydrogen-bond donors (Lipinski definition) is 2. The Labute approximate surface area is 83.1 Å². The summed E-state index contributed by atoms with van der Waals surface area (Å²) in [5, 5.41) is 2.39. The summed E-state index contributed by atoms with van der Waals surface area (Å²) < 4.78 is 5.35. The first-order valence-corrected chi connectivity index (χ1v) is 4.35. The fourth-order valence-electron chi connectivity index (χ4n) is 1.04. The van der Waals surface area contributed by atoms with Gasteiger partial charge in [-0.1, -0.05) is 18.2 Å². The fourth-order valence-corrected chi connectivity index (χ4v) is 1.04. The molecule has 0 bridgehead atoms. The smallest absolute Gasteiger partial charge is 0.312 e. The lowest BCUT2D eigenvalue weighted by Gasteiger charge is -2.08. The molecule has 0 aliphatic carbocycles. The molecule has 0 spiro atoms. The van der Waals surface area contributed by atoms with Crippen LogP contribution in [-0.2, 0) is 0 Å². The Hall–Kier alpha value is -1.71. The highest BCUT2D eigenvalue weighted by Crippen LogP contribution is 2.18. The van der Waals surface area contributed by atoms with Crippen LogP contribution >= 0.6 is 0 Å². The zero-order valence-electron chi connectivity index (χ0n) is 7.99. The lowest BCUT2D eigenvalue weighted by molar-refractivity contribution is 0.251. The van der Waals surface area contributed by atoms with Crippen molar-refractivity contribution in [2.75, 3.05) is 6.61 Å². The number of carbonyl (C=O) groups excluding carboxylic acids is 1. The predicted molar refractivity (Wildman–Crippen MR) is 53.7 cm³/mol. The van der Waals surface area contributed by atoms with Gasteiger partial charge < -0.3 is 15.8 Å². The van der Waals surface area contributed by atoms with Gasteiger partial charge in [0.15, 0.2) is 0 Å². The van der Waals surface area contributed by atoms with Crippen LogP contribution in [-0.4, -0.2) is 12.6 Å². The van der Waals surface area contributed by atoms with Gasteiger partial charge >= 0.3 is 6.03 Å². The molecule has 14 heavy (non-hydrogen) atoms. The number of ether oxygens (including phenoxy) is 1. The number of hydrogen-bond acceptors (Lipinski definition) is 2. The van der Waals surface area contributed by atoms with Gasteiger partial charge in [-0.05, 0) is 13.0 Å². The van der Waals surface area contributed by atoms with Gasteiger partial charge in [0.1, 0.15) is 5.75 Å². The van der Waals surface area contributed by atoms with E-state index < -0.39 is 6.03 Å². The number of benzene rings is 1. The second kappa shape index (κ2) is 5.11. The third-order valence-electron chi connectivity index (χ3n) is 1.59. The number of amides is 2. The molecule has 0 unspecified atom stereocenters. The Bertz CT molecular complexity index is 313. The van der Waals surface area contributed by atoms with Crippen molar-refractivity contribution in [2.24, 2.45) is 5.73 Å². The van der Waals surface area contributed by atoms with E-state index in [0.717, 1.165) is 11.3 Å². The predicted octanol–water partition coefficient (Wildman–Crippen LogP) is 1.26. The molecule has 1 radical (unpaired) electrons. The van der Waals surface area contributed by atoms with Crippen molar-refractivity contribution in [3.05, 3.63) is 36.4 Å². The van der Waals surface area contributed by atoms with Crippen molar-refractivity contribution in [3.8, 4) is 5.75 Å². The van der Waals surface area contributed by atoms with Gasteiger partial charge in [-0.3, -0.25) is 0 Å². The highest BCUT2D eigenvalue weighted by molar-refractivity contribution is 5.73. The van der Waals surface area contributed by atoms with E-state index >= 15 is 0 Å². The Balaban J connectivity index is 2.68. The monoisotopic (exact) mass is 193 g/mol. The van der Waals surface area contributed by atoms with Crippen molar-refractivity contribution < 1.29 is 9.53 Å². The van der Waals surface area contributed by atoms with Crippen LogP contribution in [0.3, 0.4) is 0 Å². The second-order valence-corrected chi connectivity index (χ2v) is 2.62. The Morgan fingerprint density at radius 2 is 2.29 bits per heavy atom. The minimum absolute atomic E-state index is 0.585. The van der Waals surface area contributed by atoms with Crippen LogP contribution in [0.4, 0.5) is 4.79 Å². The van der Waals surface area contributed by atoms with E-state index in [4.69, 9.17) is 10.5 Å². The van der Waals surface area contributed by atoms with E-state index in [1.54, 1.807) is 0 Å². The van der Waals surface area contributed by atoms with E-state index in [-0.39, 0.29) is 0 Å². The molecule has 4 nitrogen and oxygen atoms in total. The maximum atomic E-state index is 10.5. The van der Waals surface area contributed by atoms with Crippen molar-refractivity contribution in [2.45, 2.75) is 6.92 Å². The average Bonchev–Trinajstić information content (AvgIpc) is 2.17. The number of nitrogens with two attached hydrogens (primary N) is 1. The van der Waals surface area contributed by atoms with Crippen LogP contribution in [0.1, 0.15) is 12.5 Å². The summed E-state index contributed by atoms with van der Waals surface area (Å²) in [6, 6.07) is 6.80. The maximum absolute atomic E-state index is 10.5. The van der Waals surface area contributed by atoms with E-state index in [1.807, 2.05) is 31.2 Å². The molecular formula is C10H13N2O2. The first kappa shape index (κ1) is 10.4. The highest BCUT2D eigenvalue weighted by atomic mass is 16.5. The molecule has 1 aromatic rings. The van der Waals surface area contributed by atoms with E-state index in [1.165, 1.54) is 6.54 Å². The molecule has 1 aromatic carbocycles. The van der Waals surface area contributed by atoms with E-state index in [2.05, 4.69) is 5.32 Å². The van der Waals surface area contributed by atoms with Gasteiger partial charge in [-0.25, -0.2) is 4.79 Å². The third-order valence-corrected chi connectivity index (χ3v) is 1.59. The summed E-state index contributed by atoms with van der Waals surface area (Å²) in [5.41, 5.74) is 5.74. The van der Waals surface area contributed by atoms with Gasteiger partial charge in [0.25, 0.3) is 0 Å². The van der Waals surface area contributed by atoms with Crippen molar-refractivity contribution in [1.82, 2.24) is 5.32 Å². The Morgan fingerprint density at radius 1 is 1.57 bits per heavy atom. The first-order valence-electron chi connectivity index (χ1n) is 4.35. The van der Waals surface area contributed by atoms with Crippen LogP contribution in [0, 0.1) is 6.54 Å².